The summed E-state index contributed by atoms with van der Waals surface area (Å²) >= 11 is 0. The van der Waals surface area contributed by atoms with E-state index in [-0.39, 0.29) is 0 Å². The van der Waals surface area contributed by atoms with Gasteiger partial charge in [-0.15, -0.1) is 0 Å². The van der Waals surface area contributed by atoms with Gasteiger partial charge in [0.25, 0.3) is 0 Å². The van der Waals surface area contributed by atoms with Crippen molar-refractivity contribution < 1.29 is 14.7 Å². The van der Waals surface area contributed by atoms with Crippen LogP contribution in [0.2, 0.25) is 0 Å². The van der Waals surface area contributed by atoms with Crippen molar-refractivity contribution in [2.24, 2.45) is 0 Å². The van der Waals surface area contributed by atoms with Crippen LogP contribution in [0, 0.1) is 13.8 Å². The summed E-state index contributed by atoms with van der Waals surface area (Å²) < 4.78 is 4.07. The molecule has 5 nitrogen and oxygen atoms in total. The van der Waals surface area contributed by atoms with E-state index < -0.39 is 5.97 Å². The van der Waals surface area contributed by atoms with Crippen LogP contribution in [0.15, 0.2) is 48.8 Å². The van der Waals surface area contributed by atoms with E-state index in [9.17, 15) is 9.59 Å². The lowest BCUT2D eigenvalue weighted by atomic mass is 10.1. The Kier molecular flexibility index (Phi) is 5.87. The van der Waals surface area contributed by atoms with Gasteiger partial charge in [-0.25, -0.2) is 4.79 Å². The molecule has 0 saturated carbocycles. The fourth-order valence-corrected chi connectivity index (χ4v) is 3.62. The van der Waals surface area contributed by atoms with E-state index in [0.29, 0.717) is 5.56 Å². The lowest BCUT2D eigenvalue weighted by Crippen LogP contribution is -1.94. The highest BCUT2D eigenvalue weighted by Gasteiger charge is 2.13. The van der Waals surface area contributed by atoms with Crippen molar-refractivity contribution in [3.05, 3.63) is 71.0 Å². The molecule has 2 aromatic carbocycles. The minimum atomic E-state index is -0.865. The molecule has 5 heteroatoms. The summed E-state index contributed by atoms with van der Waals surface area (Å²) in [6.45, 7) is 9.84. The molecule has 1 N–H and O–H groups in total. The van der Waals surface area contributed by atoms with Gasteiger partial charge in [-0.2, -0.15) is 0 Å². The highest BCUT2D eigenvalue weighted by Crippen LogP contribution is 2.23. The lowest BCUT2D eigenvalue weighted by molar-refractivity contribution is 0.0698. The summed E-state index contributed by atoms with van der Waals surface area (Å²) in [6, 6.07) is 12.0. The molecule has 2 aromatic heterocycles. The quantitative estimate of drug-likeness (QED) is 0.471. The van der Waals surface area contributed by atoms with Gasteiger partial charge in [0, 0.05) is 52.9 Å². The van der Waals surface area contributed by atoms with Gasteiger partial charge in [-0.1, -0.05) is 24.3 Å². The van der Waals surface area contributed by atoms with Crippen molar-refractivity contribution in [3.63, 3.8) is 0 Å². The maximum atomic E-state index is 11.0. The molecular weight excluding hydrogens is 364 g/mol. The number of aromatic nitrogens is 2. The maximum absolute atomic E-state index is 11.0. The van der Waals surface area contributed by atoms with Crippen LogP contribution in [0.1, 0.15) is 45.7 Å². The molecule has 0 aliphatic rings. The summed E-state index contributed by atoms with van der Waals surface area (Å²) in [5.74, 6) is -0.865. The maximum Gasteiger partial charge on any atom is 0.337 e. The highest BCUT2D eigenvalue weighted by atomic mass is 16.4. The Morgan fingerprint density at radius 2 is 1.41 bits per heavy atom. The first-order valence-electron chi connectivity index (χ1n) is 9.77. The molecule has 0 spiro atoms. The molecular formula is C24H26N2O3. The van der Waals surface area contributed by atoms with E-state index in [0.717, 1.165) is 52.3 Å². The Labute approximate surface area is 170 Å². The third kappa shape index (κ3) is 3.94. The number of aromatic carboxylic acids is 1. The molecule has 4 aromatic rings. The highest BCUT2D eigenvalue weighted by molar-refractivity contribution is 6.03. The third-order valence-electron chi connectivity index (χ3n) is 5.15. The molecule has 4 rings (SSSR count). The second-order valence-corrected chi connectivity index (χ2v) is 7.16. The molecule has 0 bridgehead atoms. The molecule has 0 radical (unpaired) electrons. The van der Waals surface area contributed by atoms with E-state index in [2.05, 4.69) is 24.5 Å². The summed E-state index contributed by atoms with van der Waals surface area (Å²) in [6.07, 6.45) is 4.54. The van der Waals surface area contributed by atoms with Gasteiger partial charge < -0.3 is 14.2 Å². The second kappa shape index (κ2) is 8.35. The van der Waals surface area contributed by atoms with E-state index in [1.54, 1.807) is 6.20 Å². The average molecular weight is 390 g/mol. The Bertz CT molecular complexity index is 1200. The van der Waals surface area contributed by atoms with E-state index in [4.69, 9.17) is 5.11 Å². The minimum absolute atomic E-state index is 0.381. The van der Waals surface area contributed by atoms with Crippen molar-refractivity contribution in [2.45, 2.75) is 40.8 Å². The number of hydrogen-bond donors (Lipinski definition) is 1. The first kappa shape index (κ1) is 20.4. The average Bonchev–Trinajstić information content (AvgIpc) is 3.25. The van der Waals surface area contributed by atoms with Crippen LogP contribution < -0.4 is 0 Å². The van der Waals surface area contributed by atoms with Crippen LogP contribution in [0.4, 0.5) is 0 Å². The van der Waals surface area contributed by atoms with Gasteiger partial charge in [-0.05, 0) is 51.0 Å². The van der Waals surface area contributed by atoms with Crippen molar-refractivity contribution in [3.8, 4) is 0 Å². The van der Waals surface area contributed by atoms with Crippen LogP contribution in [-0.4, -0.2) is 26.5 Å². The summed E-state index contributed by atoms with van der Waals surface area (Å²) in [5.41, 5.74) is 5.67. The van der Waals surface area contributed by atoms with Crippen molar-refractivity contribution in [2.75, 3.05) is 0 Å². The van der Waals surface area contributed by atoms with E-state index in [1.165, 1.54) is 5.56 Å². The molecule has 0 unspecified atom stereocenters. The number of carbonyl (C=O) groups excluding carboxylic acids is 1. The standard InChI is InChI=1S/C12H13NO2.C12H13NO/c1-3-13-7-10(12(14)15)9-5-4-8(2)6-11(9)13;1-3-13-7-10(8-14)11-5-4-9(2)6-12(11)13/h4-7H,3H2,1-2H3,(H,14,15);4-8H,3H2,1-2H3. The second-order valence-electron chi connectivity index (χ2n) is 7.16. The largest absolute Gasteiger partial charge is 0.478 e. The number of carboxylic acids is 1. The van der Waals surface area contributed by atoms with Gasteiger partial charge in [0.05, 0.1) is 5.56 Å². The zero-order valence-corrected chi connectivity index (χ0v) is 17.3. The van der Waals surface area contributed by atoms with Crippen LogP contribution in [0.5, 0.6) is 0 Å². The van der Waals surface area contributed by atoms with Crippen LogP contribution in [0.25, 0.3) is 21.8 Å². The molecule has 0 aliphatic carbocycles. The van der Waals surface area contributed by atoms with Crippen molar-refractivity contribution in [1.82, 2.24) is 9.13 Å². The molecule has 2 heterocycles. The number of hydrogen-bond acceptors (Lipinski definition) is 2. The Balaban J connectivity index is 0.000000166. The zero-order chi connectivity index (χ0) is 21.1. The number of aldehydes is 1. The summed E-state index contributed by atoms with van der Waals surface area (Å²) in [4.78, 5) is 21.8. The van der Waals surface area contributed by atoms with E-state index >= 15 is 0 Å². The molecule has 0 saturated heterocycles. The number of rotatable bonds is 4. The normalized spacial score (nSPS) is 10.8. The molecule has 29 heavy (non-hydrogen) atoms. The molecule has 0 aliphatic heterocycles. The van der Waals surface area contributed by atoms with Gasteiger partial charge in [0.15, 0.2) is 6.29 Å². The first-order chi connectivity index (χ1) is 13.9. The fourth-order valence-electron chi connectivity index (χ4n) is 3.62. The summed E-state index contributed by atoms with van der Waals surface area (Å²) in [5, 5.41) is 10.9. The van der Waals surface area contributed by atoms with Gasteiger partial charge in [0.1, 0.15) is 0 Å². The molecule has 150 valence electrons. The van der Waals surface area contributed by atoms with Gasteiger partial charge in [0.2, 0.25) is 0 Å². The predicted molar refractivity (Wildman–Crippen MR) is 117 cm³/mol. The Morgan fingerprint density at radius 3 is 1.93 bits per heavy atom. The first-order valence-corrected chi connectivity index (χ1v) is 9.77. The summed E-state index contributed by atoms with van der Waals surface area (Å²) in [7, 11) is 0. The number of nitrogens with zero attached hydrogens (tertiary/aromatic N) is 2. The van der Waals surface area contributed by atoms with Gasteiger partial charge >= 0.3 is 5.97 Å². The molecule has 0 amide bonds. The smallest absolute Gasteiger partial charge is 0.337 e. The number of fused-ring (bicyclic) bond motifs is 2. The van der Waals surface area contributed by atoms with Crippen molar-refractivity contribution in [1.29, 1.82) is 0 Å². The third-order valence-corrected chi connectivity index (χ3v) is 5.15. The number of carboxylic acid groups (broad SMARTS) is 1. The van der Waals surface area contributed by atoms with E-state index in [1.807, 2.05) is 54.9 Å². The molecule has 0 fully saturated rings. The monoisotopic (exact) mass is 390 g/mol. The van der Waals surface area contributed by atoms with Gasteiger partial charge in [-0.3, -0.25) is 4.79 Å². The number of benzene rings is 2. The zero-order valence-electron chi connectivity index (χ0n) is 17.3. The Hall–Kier alpha value is -3.34. The lowest BCUT2D eigenvalue weighted by Gasteiger charge is -2.00. The Morgan fingerprint density at radius 1 is 0.897 bits per heavy atom. The van der Waals surface area contributed by atoms with Crippen LogP contribution >= 0.6 is 0 Å². The van der Waals surface area contributed by atoms with Crippen molar-refractivity contribution >= 4 is 34.1 Å². The van der Waals surface area contributed by atoms with Crippen LogP contribution in [-0.2, 0) is 13.1 Å². The molecule has 0 atom stereocenters. The SMILES string of the molecule is CCn1cc(C(=O)O)c2ccc(C)cc21.CCn1cc(C=O)c2ccc(C)cc21. The minimum Gasteiger partial charge on any atom is -0.478 e. The fraction of sp³-hybridized carbons (Fsp3) is 0.250. The number of carbonyl (C=O) groups is 2. The van der Waals surface area contributed by atoms with Crippen LogP contribution in [0.3, 0.4) is 0 Å². The number of aryl methyl sites for hydroxylation is 4. The topological polar surface area (TPSA) is 64.2 Å². The predicted octanol–water partition coefficient (Wildman–Crippen LogP) is 5.45.